The van der Waals surface area contributed by atoms with Gasteiger partial charge in [0.25, 0.3) is 0 Å². The maximum absolute atomic E-state index is 4.02. The first-order chi connectivity index (χ1) is 9.72. The van der Waals surface area contributed by atoms with Gasteiger partial charge in [-0.25, -0.2) is 0 Å². The van der Waals surface area contributed by atoms with E-state index < -0.39 is 0 Å². The Labute approximate surface area is 125 Å². The molecule has 2 nitrogen and oxygen atoms in total. The van der Waals surface area contributed by atoms with E-state index in [9.17, 15) is 0 Å². The molecule has 1 aliphatic heterocycles. The lowest BCUT2D eigenvalue weighted by Gasteiger charge is -2.42. The number of nitrogens with one attached hydrogen (secondary N) is 1. The van der Waals surface area contributed by atoms with Crippen LogP contribution in [0.25, 0.3) is 0 Å². The summed E-state index contributed by atoms with van der Waals surface area (Å²) in [5.41, 5.74) is 0. The Kier molecular flexibility index (Phi) is 5.04. The van der Waals surface area contributed by atoms with Gasteiger partial charge in [0.1, 0.15) is 0 Å². The standard InChI is InChI=1S/C18H34N2/c1-14(2)20-11-9-17(10-12-20)19-18-8-7-15-5-3-4-6-16(15)13-18/h14-19H,3-13H2,1-2H3. The summed E-state index contributed by atoms with van der Waals surface area (Å²) in [6.45, 7) is 7.26. The van der Waals surface area contributed by atoms with Crippen molar-refractivity contribution >= 4 is 0 Å². The second kappa shape index (κ2) is 6.79. The van der Waals surface area contributed by atoms with Crippen molar-refractivity contribution < 1.29 is 0 Å². The lowest BCUT2D eigenvalue weighted by atomic mass is 9.69. The molecule has 116 valence electrons. The lowest BCUT2D eigenvalue weighted by Crippen LogP contribution is -2.49. The first kappa shape index (κ1) is 14.8. The van der Waals surface area contributed by atoms with Crippen LogP contribution in [-0.2, 0) is 0 Å². The number of fused-ring (bicyclic) bond motifs is 1. The highest BCUT2D eigenvalue weighted by Gasteiger charge is 2.33. The highest BCUT2D eigenvalue weighted by atomic mass is 15.2. The van der Waals surface area contributed by atoms with Crippen LogP contribution < -0.4 is 5.32 Å². The van der Waals surface area contributed by atoms with Gasteiger partial charge in [-0.3, -0.25) is 0 Å². The van der Waals surface area contributed by atoms with Crippen molar-refractivity contribution in [2.45, 2.75) is 89.8 Å². The summed E-state index contributed by atoms with van der Waals surface area (Å²) in [5, 5.41) is 4.02. The molecule has 20 heavy (non-hydrogen) atoms. The van der Waals surface area contributed by atoms with Crippen molar-refractivity contribution in [3.8, 4) is 0 Å². The summed E-state index contributed by atoms with van der Waals surface area (Å²) in [6, 6.07) is 2.37. The minimum atomic E-state index is 0.730. The van der Waals surface area contributed by atoms with Gasteiger partial charge in [0.2, 0.25) is 0 Å². The van der Waals surface area contributed by atoms with E-state index in [0.717, 1.165) is 30.0 Å². The zero-order valence-corrected chi connectivity index (χ0v) is 13.6. The fourth-order valence-electron chi connectivity index (χ4n) is 4.94. The third kappa shape index (κ3) is 3.57. The van der Waals surface area contributed by atoms with E-state index in [1.54, 1.807) is 0 Å². The summed E-state index contributed by atoms with van der Waals surface area (Å²) in [7, 11) is 0. The molecule has 3 atom stereocenters. The van der Waals surface area contributed by atoms with E-state index in [-0.39, 0.29) is 0 Å². The topological polar surface area (TPSA) is 15.3 Å². The van der Waals surface area contributed by atoms with Gasteiger partial charge in [0, 0.05) is 18.1 Å². The maximum Gasteiger partial charge on any atom is 0.00940 e. The molecular formula is C18H34N2. The normalized spacial score (nSPS) is 37.0. The molecule has 3 fully saturated rings. The number of piperidine rings is 1. The quantitative estimate of drug-likeness (QED) is 0.844. The summed E-state index contributed by atoms with van der Waals surface area (Å²) < 4.78 is 0. The Bertz CT molecular complexity index is 294. The molecule has 2 aliphatic carbocycles. The maximum atomic E-state index is 4.02. The van der Waals surface area contributed by atoms with Crippen molar-refractivity contribution in [2.24, 2.45) is 11.8 Å². The average Bonchev–Trinajstić information content (AvgIpc) is 2.48. The Morgan fingerprint density at radius 2 is 1.50 bits per heavy atom. The second-order valence-corrected chi connectivity index (χ2v) is 7.89. The Morgan fingerprint density at radius 3 is 2.20 bits per heavy atom. The molecule has 3 aliphatic rings. The van der Waals surface area contributed by atoms with E-state index in [1.165, 1.54) is 70.9 Å². The van der Waals surface area contributed by atoms with Crippen LogP contribution in [0.15, 0.2) is 0 Å². The van der Waals surface area contributed by atoms with Crippen LogP contribution in [0.2, 0.25) is 0 Å². The van der Waals surface area contributed by atoms with E-state index in [0.29, 0.717) is 0 Å². The molecule has 0 spiro atoms. The molecule has 3 unspecified atom stereocenters. The number of rotatable bonds is 3. The van der Waals surface area contributed by atoms with Crippen molar-refractivity contribution in [3.05, 3.63) is 0 Å². The summed E-state index contributed by atoms with van der Waals surface area (Å²) in [5.74, 6) is 2.15. The van der Waals surface area contributed by atoms with E-state index in [2.05, 4.69) is 24.1 Å². The van der Waals surface area contributed by atoms with Crippen molar-refractivity contribution in [2.75, 3.05) is 13.1 Å². The highest BCUT2D eigenvalue weighted by Crippen LogP contribution is 2.40. The smallest absolute Gasteiger partial charge is 0.00940 e. The third-order valence-corrected chi connectivity index (χ3v) is 6.27. The molecule has 0 bridgehead atoms. The molecule has 1 N–H and O–H groups in total. The first-order valence-corrected chi connectivity index (χ1v) is 9.22. The molecule has 0 aromatic carbocycles. The Hall–Kier alpha value is -0.0800. The van der Waals surface area contributed by atoms with Crippen LogP contribution in [0.5, 0.6) is 0 Å². The zero-order valence-electron chi connectivity index (χ0n) is 13.6. The monoisotopic (exact) mass is 278 g/mol. The minimum absolute atomic E-state index is 0.730. The van der Waals surface area contributed by atoms with E-state index in [4.69, 9.17) is 0 Å². The van der Waals surface area contributed by atoms with Crippen LogP contribution in [0.3, 0.4) is 0 Å². The number of hydrogen-bond donors (Lipinski definition) is 1. The van der Waals surface area contributed by atoms with Gasteiger partial charge < -0.3 is 10.2 Å². The van der Waals surface area contributed by atoms with Gasteiger partial charge in [-0.1, -0.05) is 25.7 Å². The van der Waals surface area contributed by atoms with E-state index >= 15 is 0 Å². The Balaban J connectivity index is 1.43. The van der Waals surface area contributed by atoms with E-state index in [1.807, 2.05) is 0 Å². The lowest BCUT2D eigenvalue weighted by molar-refractivity contribution is 0.118. The molecule has 1 saturated heterocycles. The summed E-state index contributed by atoms with van der Waals surface area (Å²) >= 11 is 0. The predicted molar refractivity (Wildman–Crippen MR) is 86.0 cm³/mol. The van der Waals surface area contributed by atoms with Crippen LogP contribution in [-0.4, -0.2) is 36.1 Å². The number of hydrogen-bond acceptors (Lipinski definition) is 2. The first-order valence-electron chi connectivity index (χ1n) is 9.22. The molecule has 0 aromatic heterocycles. The molecule has 2 heteroatoms. The molecule has 3 rings (SSSR count). The van der Waals surface area contributed by atoms with Crippen LogP contribution in [0.1, 0.15) is 71.6 Å². The highest BCUT2D eigenvalue weighted by molar-refractivity contribution is 4.89. The fourth-order valence-corrected chi connectivity index (χ4v) is 4.94. The molecule has 0 radical (unpaired) electrons. The second-order valence-electron chi connectivity index (χ2n) is 7.89. The summed E-state index contributed by atoms with van der Waals surface area (Å²) in [6.07, 6.45) is 13.2. The van der Waals surface area contributed by atoms with Gasteiger partial charge in [0.05, 0.1) is 0 Å². The van der Waals surface area contributed by atoms with Gasteiger partial charge in [-0.05, 0) is 70.9 Å². The largest absolute Gasteiger partial charge is 0.311 e. The predicted octanol–water partition coefficient (Wildman–Crippen LogP) is 3.81. The van der Waals surface area contributed by atoms with Crippen molar-refractivity contribution in [1.29, 1.82) is 0 Å². The zero-order chi connectivity index (χ0) is 13.9. The molecule has 1 heterocycles. The van der Waals surface area contributed by atoms with Gasteiger partial charge in [-0.2, -0.15) is 0 Å². The SMILES string of the molecule is CC(C)N1CCC(NC2CCC3CCCCC3C2)CC1. The van der Waals surface area contributed by atoms with Gasteiger partial charge in [-0.15, -0.1) is 0 Å². The number of likely N-dealkylation sites (tertiary alicyclic amines) is 1. The average molecular weight is 278 g/mol. The van der Waals surface area contributed by atoms with Crippen molar-refractivity contribution in [1.82, 2.24) is 10.2 Å². The van der Waals surface area contributed by atoms with Crippen LogP contribution >= 0.6 is 0 Å². The Morgan fingerprint density at radius 1 is 0.800 bits per heavy atom. The van der Waals surface area contributed by atoms with Crippen molar-refractivity contribution in [3.63, 3.8) is 0 Å². The number of nitrogens with zero attached hydrogens (tertiary/aromatic N) is 1. The fraction of sp³-hybridized carbons (Fsp3) is 1.00. The van der Waals surface area contributed by atoms with Gasteiger partial charge in [0.15, 0.2) is 0 Å². The molecular weight excluding hydrogens is 244 g/mol. The van der Waals surface area contributed by atoms with Crippen LogP contribution in [0.4, 0.5) is 0 Å². The molecule has 0 aromatic rings. The third-order valence-electron chi connectivity index (χ3n) is 6.27. The minimum Gasteiger partial charge on any atom is -0.311 e. The van der Waals surface area contributed by atoms with Crippen LogP contribution in [0, 0.1) is 11.8 Å². The summed E-state index contributed by atoms with van der Waals surface area (Å²) in [4.78, 5) is 2.64. The molecule has 0 amide bonds. The molecule has 2 saturated carbocycles. The van der Waals surface area contributed by atoms with Gasteiger partial charge >= 0.3 is 0 Å².